The predicted molar refractivity (Wildman–Crippen MR) is 117 cm³/mol. The number of nitrogens with one attached hydrogen (secondary N) is 2. The maximum Gasteiger partial charge on any atom is 0.325 e. The highest BCUT2D eigenvalue weighted by molar-refractivity contribution is 6.11. The van der Waals surface area contributed by atoms with Gasteiger partial charge in [-0.05, 0) is 35.6 Å². The normalized spacial score (nSPS) is 19.4. The van der Waals surface area contributed by atoms with Crippen LogP contribution in [0.3, 0.4) is 0 Å². The fraction of sp³-hybridized carbons (Fsp3) is 0.160. The van der Waals surface area contributed by atoms with Crippen molar-refractivity contribution in [1.82, 2.24) is 10.2 Å². The molecule has 31 heavy (non-hydrogen) atoms. The molecule has 0 aromatic heterocycles. The van der Waals surface area contributed by atoms with E-state index in [0.29, 0.717) is 18.5 Å². The van der Waals surface area contributed by atoms with Crippen molar-refractivity contribution in [2.24, 2.45) is 0 Å². The number of benzene rings is 3. The standard InChI is InChI=1S/C25H21N3O3/c29-22(26-21-13-7-5-11-19(21)17-8-2-1-3-9-17)16-28-23(30)25(27-24(28)31)15-14-18-10-4-6-12-20(18)25/h1-13H,14-16H2,(H,26,29)(H,27,31)/t25-/m0/s1. The number of hydrogen-bond donors (Lipinski definition) is 2. The summed E-state index contributed by atoms with van der Waals surface area (Å²) in [5.41, 5.74) is 3.29. The number of urea groups is 1. The van der Waals surface area contributed by atoms with Crippen LogP contribution in [0.25, 0.3) is 11.1 Å². The summed E-state index contributed by atoms with van der Waals surface area (Å²) in [6.07, 6.45) is 1.22. The number of carbonyl (C=O) groups excluding carboxylic acids is 3. The molecule has 1 heterocycles. The summed E-state index contributed by atoms with van der Waals surface area (Å²) in [5.74, 6) is -0.788. The lowest BCUT2D eigenvalue weighted by molar-refractivity contribution is -0.134. The van der Waals surface area contributed by atoms with Crippen LogP contribution in [-0.2, 0) is 21.5 Å². The molecule has 2 aliphatic rings. The van der Waals surface area contributed by atoms with Gasteiger partial charge in [0.1, 0.15) is 12.1 Å². The summed E-state index contributed by atoms with van der Waals surface area (Å²) in [6, 6.07) is 24.3. The van der Waals surface area contributed by atoms with E-state index >= 15 is 0 Å². The minimum atomic E-state index is -1.06. The lowest BCUT2D eigenvalue weighted by Crippen LogP contribution is -2.43. The summed E-state index contributed by atoms with van der Waals surface area (Å²) in [6.45, 7) is -0.336. The van der Waals surface area contributed by atoms with Crippen LogP contribution in [0.5, 0.6) is 0 Å². The average molecular weight is 411 g/mol. The number of nitrogens with zero attached hydrogens (tertiary/aromatic N) is 1. The summed E-state index contributed by atoms with van der Waals surface area (Å²) in [4.78, 5) is 39.7. The molecule has 2 N–H and O–H groups in total. The van der Waals surface area contributed by atoms with Crippen molar-refractivity contribution < 1.29 is 14.4 Å². The molecule has 0 radical (unpaired) electrons. The van der Waals surface area contributed by atoms with Crippen LogP contribution >= 0.6 is 0 Å². The Hall–Kier alpha value is -3.93. The number of amides is 4. The van der Waals surface area contributed by atoms with Crippen LogP contribution in [-0.4, -0.2) is 29.3 Å². The molecule has 0 bridgehead atoms. The highest BCUT2D eigenvalue weighted by atomic mass is 16.2. The van der Waals surface area contributed by atoms with Crippen LogP contribution in [0, 0.1) is 0 Å². The Bertz CT molecular complexity index is 1190. The van der Waals surface area contributed by atoms with Gasteiger partial charge in [0.05, 0.1) is 0 Å². The Morgan fingerprint density at radius 2 is 1.65 bits per heavy atom. The number of anilines is 1. The molecule has 1 aliphatic carbocycles. The molecular formula is C25H21N3O3. The number of carbonyl (C=O) groups is 3. The third-order valence-corrected chi connectivity index (χ3v) is 6.01. The van der Waals surface area contributed by atoms with Crippen LogP contribution < -0.4 is 10.6 Å². The Kier molecular flexibility index (Phi) is 4.55. The largest absolute Gasteiger partial charge is 0.325 e. The number of fused-ring (bicyclic) bond motifs is 2. The maximum absolute atomic E-state index is 13.2. The number of rotatable bonds is 4. The third kappa shape index (κ3) is 3.17. The molecule has 4 amide bonds. The second kappa shape index (κ2) is 7.40. The van der Waals surface area contributed by atoms with Gasteiger partial charge < -0.3 is 10.6 Å². The van der Waals surface area contributed by atoms with E-state index in [0.717, 1.165) is 27.2 Å². The van der Waals surface area contributed by atoms with Crippen molar-refractivity contribution in [3.63, 3.8) is 0 Å². The molecule has 1 aliphatic heterocycles. The van der Waals surface area contributed by atoms with Crippen molar-refractivity contribution in [3.05, 3.63) is 90.0 Å². The Labute approximate surface area is 179 Å². The van der Waals surface area contributed by atoms with Gasteiger partial charge in [0.2, 0.25) is 5.91 Å². The number of para-hydroxylation sites is 1. The van der Waals surface area contributed by atoms with Crippen LogP contribution in [0.4, 0.5) is 10.5 Å². The van der Waals surface area contributed by atoms with E-state index in [9.17, 15) is 14.4 Å². The monoisotopic (exact) mass is 411 g/mol. The van der Waals surface area contributed by atoms with E-state index in [4.69, 9.17) is 0 Å². The fourth-order valence-electron chi connectivity index (χ4n) is 4.53. The molecule has 1 spiro atoms. The molecule has 0 saturated carbocycles. The molecule has 154 valence electrons. The molecule has 3 aromatic carbocycles. The van der Waals surface area contributed by atoms with Crippen LogP contribution in [0.15, 0.2) is 78.9 Å². The molecule has 6 nitrogen and oxygen atoms in total. The van der Waals surface area contributed by atoms with Gasteiger partial charge in [-0.2, -0.15) is 0 Å². The molecular weight excluding hydrogens is 390 g/mol. The number of aryl methyl sites for hydroxylation is 1. The maximum atomic E-state index is 13.2. The van der Waals surface area contributed by atoms with E-state index in [1.807, 2.05) is 72.8 Å². The lowest BCUT2D eigenvalue weighted by Gasteiger charge is -2.22. The quantitative estimate of drug-likeness (QED) is 0.643. The zero-order valence-electron chi connectivity index (χ0n) is 16.8. The second-order valence-corrected chi connectivity index (χ2v) is 7.84. The van der Waals surface area contributed by atoms with Crippen molar-refractivity contribution in [1.29, 1.82) is 0 Å². The van der Waals surface area contributed by atoms with Crippen molar-refractivity contribution in [2.45, 2.75) is 18.4 Å². The number of imide groups is 1. The van der Waals surface area contributed by atoms with Crippen LogP contribution in [0.1, 0.15) is 17.5 Å². The molecule has 5 rings (SSSR count). The Balaban J connectivity index is 1.36. The second-order valence-electron chi connectivity index (χ2n) is 7.84. The van der Waals surface area contributed by atoms with E-state index in [1.54, 1.807) is 6.07 Å². The minimum absolute atomic E-state index is 0.336. The first-order valence-corrected chi connectivity index (χ1v) is 10.3. The van der Waals surface area contributed by atoms with Gasteiger partial charge in [-0.1, -0.05) is 72.8 Å². The van der Waals surface area contributed by atoms with E-state index < -0.39 is 17.5 Å². The smallest absolute Gasteiger partial charge is 0.324 e. The van der Waals surface area contributed by atoms with E-state index in [1.165, 1.54) is 0 Å². The van der Waals surface area contributed by atoms with Crippen molar-refractivity contribution in [2.75, 3.05) is 11.9 Å². The molecule has 1 atom stereocenters. The molecule has 1 fully saturated rings. The van der Waals surface area contributed by atoms with Gasteiger partial charge in [0.25, 0.3) is 5.91 Å². The minimum Gasteiger partial charge on any atom is -0.324 e. The van der Waals surface area contributed by atoms with E-state index in [2.05, 4.69) is 10.6 Å². The first kappa shape index (κ1) is 19.1. The topological polar surface area (TPSA) is 78.5 Å². The summed E-state index contributed by atoms with van der Waals surface area (Å²) in [5, 5.41) is 5.71. The lowest BCUT2D eigenvalue weighted by atomic mass is 9.92. The highest BCUT2D eigenvalue weighted by Crippen LogP contribution is 2.41. The Morgan fingerprint density at radius 1 is 0.935 bits per heavy atom. The molecule has 6 heteroatoms. The van der Waals surface area contributed by atoms with Gasteiger partial charge in [-0.15, -0.1) is 0 Å². The summed E-state index contributed by atoms with van der Waals surface area (Å²) < 4.78 is 0. The van der Waals surface area contributed by atoms with Gasteiger partial charge in [-0.25, -0.2) is 4.79 Å². The van der Waals surface area contributed by atoms with Gasteiger partial charge >= 0.3 is 6.03 Å². The predicted octanol–water partition coefficient (Wildman–Crippen LogP) is 3.69. The van der Waals surface area contributed by atoms with Gasteiger partial charge in [-0.3, -0.25) is 14.5 Å². The third-order valence-electron chi connectivity index (χ3n) is 6.01. The average Bonchev–Trinajstić information content (AvgIpc) is 3.28. The molecule has 0 unspecified atom stereocenters. The SMILES string of the molecule is O=C(CN1C(=O)N[C@]2(CCc3ccccc32)C1=O)Nc1ccccc1-c1ccccc1. The van der Waals surface area contributed by atoms with Crippen molar-refractivity contribution in [3.8, 4) is 11.1 Å². The van der Waals surface area contributed by atoms with Crippen molar-refractivity contribution >= 4 is 23.5 Å². The number of hydrogen-bond acceptors (Lipinski definition) is 3. The fourth-order valence-corrected chi connectivity index (χ4v) is 4.53. The summed E-state index contributed by atoms with van der Waals surface area (Å²) >= 11 is 0. The van der Waals surface area contributed by atoms with Gasteiger partial charge in [0.15, 0.2) is 0 Å². The first-order valence-electron chi connectivity index (χ1n) is 10.3. The van der Waals surface area contributed by atoms with Gasteiger partial charge in [0, 0.05) is 11.3 Å². The molecule has 3 aromatic rings. The van der Waals surface area contributed by atoms with Crippen LogP contribution in [0.2, 0.25) is 0 Å². The zero-order valence-corrected chi connectivity index (χ0v) is 16.8. The zero-order chi connectivity index (χ0) is 21.4. The summed E-state index contributed by atoms with van der Waals surface area (Å²) in [7, 11) is 0. The van der Waals surface area contributed by atoms with E-state index in [-0.39, 0.29) is 12.5 Å². The first-order chi connectivity index (χ1) is 15.1. The molecule has 1 saturated heterocycles. The highest BCUT2D eigenvalue weighted by Gasteiger charge is 2.55. The Morgan fingerprint density at radius 3 is 2.48 bits per heavy atom.